The van der Waals surface area contributed by atoms with Gasteiger partial charge < -0.3 is 0 Å². The summed E-state index contributed by atoms with van der Waals surface area (Å²) in [7, 11) is 0. The molecular formula is C21H24BrNO. The highest BCUT2D eigenvalue weighted by atomic mass is 79.9. The van der Waals surface area contributed by atoms with E-state index in [0.717, 1.165) is 36.1 Å². The fraction of sp³-hybridized carbons (Fsp3) is 0.381. The lowest BCUT2D eigenvalue weighted by Gasteiger charge is -2.32. The molecule has 1 fully saturated rings. The van der Waals surface area contributed by atoms with E-state index in [0.29, 0.717) is 12.3 Å². The number of piperidine rings is 1. The number of likely N-dealkylation sites (tertiary alicyclic amines) is 1. The van der Waals surface area contributed by atoms with E-state index in [-0.39, 0.29) is 5.78 Å². The van der Waals surface area contributed by atoms with Crippen molar-refractivity contribution in [1.29, 1.82) is 0 Å². The second kappa shape index (κ2) is 8.59. The van der Waals surface area contributed by atoms with Crippen LogP contribution in [0.3, 0.4) is 0 Å². The quantitative estimate of drug-likeness (QED) is 0.626. The van der Waals surface area contributed by atoms with E-state index in [1.54, 1.807) is 0 Å². The molecule has 0 bridgehead atoms. The maximum atomic E-state index is 12.3. The van der Waals surface area contributed by atoms with E-state index >= 15 is 0 Å². The number of ketones is 1. The van der Waals surface area contributed by atoms with Crippen molar-refractivity contribution in [2.45, 2.75) is 32.2 Å². The Labute approximate surface area is 153 Å². The molecule has 24 heavy (non-hydrogen) atoms. The number of carbonyl (C=O) groups is 1. The molecule has 3 heteroatoms. The molecule has 126 valence electrons. The van der Waals surface area contributed by atoms with E-state index in [1.807, 2.05) is 24.3 Å². The van der Waals surface area contributed by atoms with Crippen molar-refractivity contribution in [2.75, 3.05) is 13.1 Å². The number of nitrogens with zero attached hydrogens (tertiary/aromatic N) is 1. The third-order valence-electron chi connectivity index (χ3n) is 4.90. The van der Waals surface area contributed by atoms with Crippen LogP contribution in [0.25, 0.3) is 0 Å². The highest BCUT2D eigenvalue weighted by Gasteiger charge is 2.20. The van der Waals surface area contributed by atoms with Gasteiger partial charge in [0.05, 0.1) is 0 Å². The molecule has 1 heterocycles. The molecule has 0 amide bonds. The Morgan fingerprint density at radius 1 is 1.00 bits per heavy atom. The first kappa shape index (κ1) is 17.4. The largest absolute Gasteiger partial charge is 0.299 e. The minimum absolute atomic E-state index is 0.272. The van der Waals surface area contributed by atoms with Crippen LogP contribution in [0.2, 0.25) is 0 Å². The third-order valence-corrected chi connectivity index (χ3v) is 5.43. The van der Waals surface area contributed by atoms with E-state index < -0.39 is 0 Å². The van der Waals surface area contributed by atoms with Gasteiger partial charge in [0, 0.05) is 23.0 Å². The molecule has 3 rings (SSSR count). The molecule has 1 aliphatic rings. The first-order valence-corrected chi connectivity index (χ1v) is 9.55. The lowest BCUT2D eigenvalue weighted by molar-refractivity contribution is 0.0961. The van der Waals surface area contributed by atoms with Crippen molar-refractivity contribution in [3.8, 4) is 0 Å². The fourth-order valence-corrected chi connectivity index (χ4v) is 3.65. The maximum absolute atomic E-state index is 12.3. The molecule has 0 saturated carbocycles. The molecule has 0 aromatic heterocycles. The van der Waals surface area contributed by atoms with Gasteiger partial charge in [-0.15, -0.1) is 0 Å². The molecule has 0 aliphatic carbocycles. The number of rotatable bonds is 6. The summed E-state index contributed by atoms with van der Waals surface area (Å²) in [5.74, 6) is 0.964. The highest BCUT2D eigenvalue weighted by Crippen LogP contribution is 2.24. The van der Waals surface area contributed by atoms with Crippen molar-refractivity contribution >= 4 is 21.7 Å². The summed E-state index contributed by atoms with van der Waals surface area (Å²) >= 11 is 3.41. The molecular weight excluding hydrogens is 362 g/mol. The zero-order chi connectivity index (χ0) is 16.8. The summed E-state index contributed by atoms with van der Waals surface area (Å²) in [6.07, 6.45) is 4.11. The van der Waals surface area contributed by atoms with Crippen LogP contribution in [-0.4, -0.2) is 23.8 Å². The van der Waals surface area contributed by atoms with Crippen molar-refractivity contribution in [3.05, 3.63) is 70.2 Å². The molecule has 2 aromatic carbocycles. The molecule has 1 saturated heterocycles. The average Bonchev–Trinajstić information content (AvgIpc) is 2.62. The highest BCUT2D eigenvalue weighted by molar-refractivity contribution is 9.10. The SMILES string of the molecule is O=C(CCC1CCN(Cc2ccccc2)CC1)c1ccc(Br)cc1. The van der Waals surface area contributed by atoms with Crippen molar-refractivity contribution in [3.63, 3.8) is 0 Å². The first-order valence-electron chi connectivity index (χ1n) is 8.76. The number of halogens is 1. The number of hydrogen-bond donors (Lipinski definition) is 0. The Morgan fingerprint density at radius 3 is 2.33 bits per heavy atom. The summed E-state index contributed by atoms with van der Waals surface area (Å²) in [4.78, 5) is 14.8. The molecule has 0 unspecified atom stereocenters. The Kier molecular flexibility index (Phi) is 6.22. The Hall–Kier alpha value is -1.45. The summed E-state index contributed by atoms with van der Waals surface area (Å²) in [6.45, 7) is 3.34. The Morgan fingerprint density at radius 2 is 1.67 bits per heavy atom. The average molecular weight is 386 g/mol. The van der Waals surface area contributed by atoms with Gasteiger partial charge in [-0.2, -0.15) is 0 Å². The maximum Gasteiger partial charge on any atom is 0.162 e. The van der Waals surface area contributed by atoms with Crippen LogP contribution >= 0.6 is 15.9 Å². The minimum Gasteiger partial charge on any atom is -0.299 e. The number of benzene rings is 2. The van der Waals surface area contributed by atoms with Gasteiger partial charge in [0.1, 0.15) is 0 Å². The van der Waals surface area contributed by atoms with Crippen LogP contribution in [0.15, 0.2) is 59.1 Å². The lowest BCUT2D eigenvalue weighted by atomic mass is 9.90. The molecule has 2 nitrogen and oxygen atoms in total. The zero-order valence-corrected chi connectivity index (χ0v) is 15.5. The van der Waals surface area contributed by atoms with Crippen LogP contribution in [0, 0.1) is 5.92 Å². The van der Waals surface area contributed by atoms with Gasteiger partial charge in [-0.25, -0.2) is 0 Å². The first-order chi connectivity index (χ1) is 11.7. The summed E-state index contributed by atoms with van der Waals surface area (Å²) < 4.78 is 1.02. The second-order valence-electron chi connectivity index (χ2n) is 6.67. The van der Waals surface area contributed by atoms with E-state index in [4.69, 9.17) is 0 Å². The van der Waals surface area contributed by atoms with Gasteiger partial charge in [-0.3, -0.25) is 9.69 Å². The lowest BCUT2D eigenvalue weighted by Crippen LogP contribution is -2.33. The molecule has 0 spiro atoms. The van der Waals surface area contributed by atoms with Crippen molar-refractivity contribution in [2.24, 2.45) is 5.92 Å². The summed E-state index contributed by atoms with van der Waals surface area (Å²) in [5.41, 5.74) is 2.22. The normalized spacial score (nSPS) is 16.2. The zero-order valence-electron chi connectivity index (χ0n) is 14.0. The molecule has 0 radical (unpaired) electrons. The van der Waals surface area contributed by atoms with Gasteiger partial charge in [-0.05, 0) is 56.0 Å². The van der Waals surface area contributed by atoms with Gasteiger partial charge >= 0.3 is 0 Å². The molecule has 1 aliphatic heterocycles. The monoisotopic (exact) mass is 385 g/mol. The Balaban J connectivity index is 1.41. The number of hydrogen-bond acceptors (Lipinski definition) is 2. The van der Waals surface area contributed by atoms with E-state index in [2.05, 4.69) is 51.2 Å². The fourth-order valence-electron chi connectivity index (χ4n) is 3.39. The van der Waals surface area contributed by atoms with Gasteiger partial charge in [0.2, 0.25) is 0 Å². The van der Waals surface area contributed by atoms with E-state index in [1.165, 1.54) is 18.4 Å². The third kappa shape index (κ3) is 5.02. The molecule has 0 N–H and O–H groups in total. The van der Waals surface area contributed by atoms with Gasteiger partial charge in [0.15, 0.2) is 5.78 Å². The van der Waals surface area contributed by atoms with Crippen LogP contribution in [-0.2, 0) is 6.54 Å². The smallest absolute Gasteiger partial charge is 0.162 e. The summed E-state index contributed by atoms with van der Waals surface area (Å²) in [5, 5.41) is 0. The van der Waals surface area contributed by atoms with Crippen LogP contribution < -0.4 is 0 Å². The van der Waals surface area contributed by atoms with Crippen molar-refractivity contribution < 1.29 is 4.79 Å². The van der Waals surface area contributed by atoms with Crippen LogP contribution in [0.1, 0.15) is 41.6 Å². The molecule has 2 aromatic rings. The standard InChI is InChI=1S/C21H24BrNO/c22-20-9-7-19(8-10-20)21(24)11-6-17-12-14-23(15-13-17)16-18-4-2-1-3-5-18/h1-5,7-10,17H,6,11-16H2. The predicted octanol–water partition coefficient (Wildman–Crippen LogP) is 5.32. The minimum atomic E-state index is 0.272. The number of Topliss-reactive ketones (excluding diaryl/α,β-unsaturated/α-hetero) is 1. The van der Waals surface area contributed by atoms with Crippen LogP contribution in [0.4, 0.5) is 0 Å². The summed E-state index contributed by atoms with van der Waals surface area (Å²) in [6, 6.07) is 18.4. The van der Waals surface area contributed by atoms with Crippen molar-refractivity contribution in [1.82, 2.24) is 4.90 Å². The number of carbonyl (C=O) groups excluding carboxylic acids is 1. The van der Waals surface area contributed by atoms with Gasteiger partial charge in [-0.1, -0.05) is 58.4 Å². The molecule has 0 atom stereocenters. The predicted molar refractivity (Wildman–Crippen MR) is 102 cm³/mol. The Bertz CT molecular complexity index is 645. The second-order valence-corrected chi connectivity index (χ2v) is 7.59. The van der Waals surface area contributed by atoms with Gasteiger partial charge in [0.25, 0.3) is 0 Å². The topological polar surface area (TPSA) is 20.3 Å². The van der Waals surface area contributed by atoms with E-state index in [9.17, 15) is 4.79 Å². The van der Waals surface area contributed by atoms with Crippen LogP contribution in [0.5, 0.6) is 0 Å².